The van der Waals surface area contributed by atoms with E-state index in [2.05, 4.69) is 48.5 Å². The molecule has 1 saturated heterocycles. The molecule has 1 aliphatic rings. The molecule has 0 saturated carbocycles. The topological polar surface area (TPSA) is 56.7 Å². The maximum absolute atomic E-state index is 12.1. The van der Waals surface area contributed by atoms with Gasteiger partial charge < -0.3 is 15.5 Å². The van der Waals surface area contributed by atoms with Crippen molar-refractivity contribution in [3.63, 3.8) is 0 Å². The summed E-state index contributed by atoms with van der Waals surface area (Å²) in [6.07, 6.45) is 0.960. The van der Waals surface area contributed by atoms with Crippen LogP contribution in [0.15, 0.2) is 17.1 Å². The predicted octanol–water partition coefficient (Wildman–Crippen LogP) is 3.15. The number of halogens is 1. The number of carbonyl (C=O) groups is 1. The first-order valence-electron chi connectivity index (χ1n) is 9.14. The molecule has 0 bridgehead atoms. The van der Waals surface area contributed by atoms with Crippen molar-refractivity contribution in [1.82, 2.24) is 15.5 Å². The van der Waals surface area contributed by atoms with Crippen molar-refractivity contribution in [1.29, 1.82) is 0 Å². The quantitative estimate of drug-likeness (QED) is 0.402. The van der Waals surface area contributed by atoms with Gasteiger partial charge in [-0.3, -0.25) is 9.79 Å². The number of hydrogen-bond donors (Lipinski definition) is 2. The average Bonchev–Trinajstić information content (AvgIpc) is 3.00. The average molecular weight is 472 g/mol. The third-order valence-electron chi connectivity index (χ3n) is 4.83. The molecule has 0 aromatic heterocycles. The molecule has 1 unspecified atom stereocenters. The summed E-state index contributed by atoms with van der Waals surface area (Å²) < 4.78 is 0. The number of carbonyl (C=O) groups excluding carboxylic acids is 1. The summed E-state index contributed by atoms with van der Waals surface area (Å²) in [6, 6.07) is 4.69. The molecule has 1 heterocycles. The highest BCUT2D eigenvalue weighted by atomic mass is 127. The van der Waals surface area contributed by atoms with Crippen LogP contribution in [0.1, 0.15) is 42.5 Å². The third-order valence-corrected chi connectivity index (χ3v) is 4.83. The first-order chi connectivity index (χ1) is 11.8. The lowest BCUT2D eigenvalue weighted by Gasteiger charge is -2.21. The highest BCUT2D eigenvalue weighted by Gasteiger charge is 2.27. The molecule has 0 spiro atoms. The van der Waals surface area contributed by atoms with E-state index in [0.717, 1.165) is 32.0 Å². The maximum Gasteiger partial charge on any atom is 0.225 e. The van der Waals surface area contributed by atoms with Crippen molar-refractivity contribution in [3.05, 3.63) is 34.4 Å². The van der Waals surface area contributed by atoms with Crippen LogP contribution in [0.4, 0.5) is 0 Å². The normalized spacial score (nSPS) is 17.3. The fourth-order valence-electron chi connectivity index (χ4n) is 3.49. The van der Waals surface area contributed by atoms with E-state index in [1.54, 1.807) is 7.05 Å². The monoisotopic (exact) mass is 472 g/mol. The Labute approximate surface area is 175 Å². The summed E-state index contributed by atoms with van der Waals surface area (Å²) >= 11 is 0. The molecule has 0 radical (unpaired) electrons. The van der Waals surface area contributed by atoms with Gasteiger partial charge in [0.15, 0.2) is 5.96 Å². The number of guanidine groups is 1. The lowest BCUT2D eigenvalue weighted by atomic mass is 10.00. The van der Waals surface area contributed by atoms with Gasteiger partial charge in [-0.2, -0.15) is 0 Å². The van der Waals surface area contributed by atoms with Crippen LogP contribution in [0.3, 0.4) is 0 Å². The van der Waals surface area contributed by atoms with Crippen molar-refractivity contribution in [2.24, 2.45) is 10.9 Å². The van der Waals surface area contributed by atoms with Gasteiger partial charge >= 0.3 is 0 Å². The Kier molecular flexibility index (Phi) is 8.86. The van der Waals surface area contributed by atoms with Gasteiger partial charge in [0, 0.05) is 38.6 Å². The Balaban J connectivity index is 0.00000338. The Morgan fingerprint density at radius 3 is 2.42 bits per heavy atom. The molecule has 1 amide bonds. The summed E-state index contributed by atoms with van der Waals surface area (Å²) in [4.78, 5) is 18.4. The number of nitrogens with one attached hydrogen (secondary N) is 2. The van der Waals surface area contributed by atoms with Gasteiger partial charge in [0.1, 0.15) is 0 Å². The number of aliphatic imine (C=N–C) groups is 1. The van der Waals surface area contributed by atoms with E-state index in [9.17, 15) is 4.79 Å². The van der Waals surface area contributed by atoms with Gasteiger partial charge in [-0.05, 0) is 43.9 Å². The van der Waals surface area contributed by atoms with Crippen LogP contribution >= 0.6 is 24.0 Å². The zero-order chi connectivity index (χ0) is 18.6. The van der Waals surface area contributed by atoms with E-state index in [0.29, 0.717) is 0 Å². The molecule has 1 atom stereocenters. The molecule has 1 fully saturated rings. The standard InChI is InChI=1S/C20H32N4O.HI/c1-13(2)19(25)24-8-7-17(12-24)23-20(21-6)22-11-18-15(4)9-14(3)10-16(18)5;/h9-10,13,17H,7-8,11-12H2,1-6H3,(H2,21,22,23);1H. The largest absolute Gasteiger partial charge is 0.352 e. The lowest BCUT2D eigenvalue weighted by molar-refractivity contribution is -0.133. The summed E-state index contributed by atoms with van der Waals surface area (Å²) in [5, 5.41) is 6.87. The van der Waals surface area contributed by atoms with Gasteiger partial charge in [0.25, 0.3) is 0 Å². The second-order valence-electron chi connectivity index (χ2n) is 7.37. The molecule has 2 N–H and O–H groups in total. The molecule has 26 heavy (non-hydrogen) atoms. The summed E-state index contributed by atoms with van der Waals surface area (Å²) in [7, 11) is 1.79. The fraction of sp³-hybridized carbons (Fsp3) is 0.600. The predicted molar refractivity (Wildman–Crippen MR) is 119 cm³/mol. The summed E-state index contributed by atoms with van der Waals surface area (Å²) in [6.45, 7) is 12.7. The maximum atomic E-state index is 12.1. The third kappa shape index (κ3) is 5.86. The van der Waals surface area contributed by atoms with Gasteiger partial charge in [-0.15, -0.1) is 24.0 Å². The highest BCUT2D eigenvalue weighted by molar-refractivity contribution is 14.0. The van der Waals surface area contributed by atoms with E-state index < -0.39 is 0 Å². The highest BCUT2D eigenvalue weighted by Crippen LogP contribution is 2.16. The molecule has 146 valence electrons. The first kappa shape index (κ1) is 22.7. The molecule has 0 aliphatic carbocycles. The van der Waals surface area contributed by atoms with E-state index in [4.69, 9.17) is 0 Å². The minimum Gasteiger partial charge on any atom is -0.352 e. The zero-order valence-corrected chi connectivity index (χ0v) is 19.2. The zero-order valence-electron chi connectivity index (χ0n) is 16.8. The van der Waals surface area contributed by atoms with Gasteiger partial charge in [-0.25, -0.2) is 0 Å². The number of nitrogens with zero attached hydrogens (tertiary/aromatic N) is 2. The van der Waals surface area contributed by atoms with E-state index in [-0.39, 0.29) is 41.8 Å². The van der Waals surface area contributed by atoms with E-state index in [1.165, 1.54) is 22.3 Å². The lowest BCUT2D eigenvalue weighted by Crippen LogP contribution is -2.45. The minimum absolute atomic E-state index is 0. The van der Waals surface area contributed by atoms with Crippen LogP contribution in [0.5, 0.6) is 0 Å². The Morgan fingerprint density at radius 2 is 1.88 bits per heavy atom. The van der Waals surface area contributed by atoms with Gasteiger partial charge in [0.2, 0.25) is 5.91 Å². The fourth-order valence-corrected chi connectivity index (χ4v) is 3.49. The SMILES string of the molecule is CN=C(NCc1c(C)cc(C)cc1C)NC1CCN(C(=O)C(C)C)C1.I. The number of likely N-dealkylation sites (tertiary alicyclic amines) is 1. The van der Waals surface area contributed by atoms with Crippen LogP contribution in [0, 0.1) is 26.7 Å². The van der Waals surface area contributed by atoms with Crippen molar-refractivity contribution < 1.29 is 4.79 Å². The van der Waals surface area contributed by atoms with Gasteiger partial charge in [0.05, 0.1) is 0 Å². The van der Waals surface area contributed by atoms with E-state index >= 15 is 0 Å². The molecule has 5 nitrogen and oxygen atoms in total. The molecule has 6 heteroatoms. The van der Waals surface area contributed by atoms with Crippen LogP contribution < -0.4 is 10.6 Å². The molecular formula is C20H33IN4O. The molecule has 1 aliphatic heterocycles. The summed E-state index contributed by atoms with van der Waals surface area (Å²) in [5.74, 6) is 1.09. The number of benzene rings is 1. The molecule has 1 aromatic carbocycles. The minimum atomic E-state index is 0. The summed E-state index contributed by atoms with van der Waals surface area (Å²) in [5.41, 5.74) is 5.21. The number of rotatable bonds is 4. The number of hydrogen-bond acceptors (Lipinski definition) is 2. The van der Waals surface area contributed by atoms with Crippen molar-refractivity contribution in [2.45, 2.75) is 53.6 Å². The van der Waals surface area contributed by atoms with E-state index in [1.807, 2.05) is 18.7 Å². The van der Waals surface area contributed by atoms with Crippen molar-refractivity contribution in [2.75, 3.05) is 20.1 Å². The Bertz CT molecular complexity index is 634. The molecule has 1 aromatic rings. The Hall–Kier alpha value is -1.31. The number of amides is 1. The van der Waals surface area contributed by atoms with Crippen molar-refractivity contribution >= 4 is 35.8 Å². The van der Waals surface area contributed by atoms with Gasteiger partial charge in [-0.1, -0.05) is 31.5 Å². The van der Waals surface area contributed by atoms with Crippen LogP contribution in [-0.4, -0.2) is 42.9 Å². The smallest absolute Gasteiger partial charge is 0.225 e. The first-order valence-corrected chi connectivity index (χ1v) is 9.14. The Morgan fingerprint density at radius 1 is 1.27 bits per heavy atom. The van der Waals surface area contributed by atoms with Crippen LogP contribution in [0.25, 0.3) is 0 Å². The second-order valence-corrected chi connectivity index (χ2v) is 7.37. The van der Waals surface area contributed by atoms with Crippen LogP contribution in [-0.2, 0) is 11.3 Å². The molecular weight excluding hydrogens is 439 g/mol. The second kappa shape index (κ2) is 10.1. The molecule has 2 rings (SSSR count). The number of aryl methyl sites for hydroxylation is 3. The van der Waals surface area contributed by atoms with Crippen LogP contribution in [0.2, 0.25) is 0 Å². The van der Waals surface area contributed by atoms with Crippen molar-refractivity contribution in [3.8, 4) is 0 Å².